The van der Waals surface area contributed by atoms with Crippen LogP contribution in [-0.2, 0) is 0 Å². The van der Waals surface area contributed by atoms with Gasteiger partial charge in [-0.1, -0.05) is 41.4 Å². The molecule has 2 aromatic heterocycles. The predicted octanol–water partition coefficient (Wildman–Crippen LogP) is 5.15. The molecule has 1 N–H and O–H groups in total. The molecule has 4 aromatic rings. The van der Waals surface area contributed by atoms with Crippen molar-refractivity contribution in [2.45, 2.75) is 6.92 Å². The topological polar surface area (TPSA) is 70.2 Å². The molecule has 0 saturated heterocycles. The Balaban J connectivity index is 1.68. The van der Waals surface area contributed by atoms with Crippen molar-refractivity contribution in [3.8, 4) is 17.3 Å². The van der Waals surface area contributed by atoms with Crippen LogP contribution in [0.25, 0.3) is 16.2 Å². The Morgan fingerprint density at radius 1 is 1.26 bits per heavy atom. The number of anilines is 1. The molecule has 0 aliphatic rings. The zero-order valence-electron chi connectivity index (χ0n) is 14.2. The molecule has 0 atom stereocenters. The van der Waals surface area contributed by atoms with Crippen molar-refractivity contribution in [3.05, 3.63) is 75.9 Å². The summed E-state index contributed by atoms with van der Waals surface area (Å²) >= 11 is 7.37. The van der Waals surface area contributed by atoms with Gasteiger partial charge in [0.15, 0.2) is 4.96 Å². The first kappa shape index (κ1) is 17.3. The lowest BCUT2D eigenvalue weighted by Crippen LogP contribution is -2.14. The summed E-state index contributed by atoms with van der Waals surface area (Å²) in [4.78, 5) is 18.1. The van der Waals surface area contributed by atoms with Gasteiger partial charge in [0.2, 0.25) is 0 Å². The van der Waals surface area contributed by atoms with Crippen molar-refractivity contribution in [3.63, 3.8) is 0 Å². The Morgan fingerprint density at radius 2 is 2.04 bits per heavy atom. The minimum atomic E-state index is -0.326. The van der Waals surface area contributed by atoms with Crippen molar-refractivity contribution in [1.82, 2.24) is 9.38 Å². The molecule has 27 heavy (non-hydrogen) atoms. The Hall–Kier alpha value is -3.14. The number of amides is 1. The summed E-state index contributed by atoms with van der Waals surface area (Å²) in [6, 6.07) is 14.9. The van der Waals surface area contributed by atoms with Crippen LogP contribution in [0.4, 0.5) is 5.69 Å². The van der Waals surface area contributed by atoms with E-state index in [9.17, 15) is 10.1 Å². The number of thiazole rings is 1. The maximum atomic E-state index is 12.8. The summed E-state index contributed by atoms with van der Waals surface area (Å²) < 4.78 is 1.76. The normalized spacial score (nSPS) is 10.7. The second-order valence-corrected chi connectivity index (χ2v) is 7.29. The molecule has 2 heterocycles. The number of hydrogen-bond acceptors (Lipinski definition) is 4. The number of nitrogens with one attached hydrogen (secondary N) is 1. The quantitative estimate of drug-likeness (QED) is 0.524. The van der Waals surface area contributed by atoms with E-state index < -0.39 is 0 Å². The van der Waals surface area contributed by atoms with E-state index in [4.69, 9.17) is 11.6 Å². The lowest BCUT2D eigenvalue weighted by molar-refractivity contribution is 0.102. The first-order valence-corrected chi connectivity index (χ1v) is 9.35. The van der Waals surface area contributed by atoms with Crippen LogP contribution in [0.1, 0.15) is 21.6 Å². The first-order chi connectivity index (χ1) is 13.0. The van der Waals surface area contributed by atoms with Gasteiger partial charge >= 0.3 is 0 Å². The summed E-state index contributed by atoms with van der Waals surface area (Å²) in [5.41, 5.74) is 4.15. The molecular weight excluding hydrogens is 380 g/mol. The average molecular weight is 393 g/mol. The number of aromatic nitrogens is 2. The molecule has 2 aromatic carbocycles. The molecule has 132 valence electrons. The van der Waals surface area contributed by atoms with Crippen molar-refractivity contribution in [1.29, 1.82) is 5.26 Å². The molecule has 5 nitrogen and oxygen atoms in total. The zero-order valence-corrected chi connectivity index (χ0v) is 15.8. The lowest BCUT2D eigenvalue weighted by Gasteiger charge is -2.07. The minimum absolute atomic E-state index is 0.326. The Kier molecular flexibility index (Phi) is 4.40. The van der Waals surface area contributed by atoms with E-state index in [0.717, 1.165) is 16.2 Å². The number of nitriles is 1. The molecule has 0 spiro atoms. The summed E-state index contributed by atoms with van der Waals surface area (Å²) in [5.74, 6) is -0.326. The fourth-order valence-electron chi connectivity index (χ4n) is 2.71. The van der Waals surface area contributed by atoms with Crippen LogP contribution in [0.3, 0.4) is 0 Å². The van der Waals surface area contributed by atoms with Gasteiger partial charge in [-0.05, 0) is 25.1 Å². The van der Waals surface area contributed by atoms with E-state index in [1.165, 1.54) is 16.9 Å². The first-order valence-electron chi connectivity index (χ1n) is 8.10. The smallest absolute Gasteiger partial charge is 0.273 e. The fraction of sp³-hybridized carbons (Fsp3) is 0.0500. The van der Waals surface area contributed by atoms with Gasteiger partial charge in [0.25, 0.3) is 5.91 Å². The number of hydrogen-bond donors (Lipinski definition) is 1. The van der Waals surface area contributed by atoms with Crippen LogP contribution in [0.2, 0.25) is 5.02 Å². The molecule has 0 radical (unpaired) electrons. The van der Waals surface area contributed by atoms with Crippen LogP contribution in [0, 0.1) is 18.3 Å². The van der Waals surface area contributed by atoms with E-state index in [-0.39, 0.29) is 5.91 Å². The maximum Gasteiger partial charge on any atom is 0.273 e. The van der Waals surface area contributed by atoms with E-state index in [1.54, 1.807) is 28.0 Å². The zero-order chi connectivity index (χ0) is 19.0. The maximum absolute atomic E-state index is 12.8. The highest BCUT2D eigenvalue weighted by Crippen LogP contribution is 2.26. The molecule has 7 heteroatoms. The summed E-state index contributed by atoms with van der Waals surface area (Å²) in [7, 11) is 0. The summed E-state index contributed by atoms with van der Waals surface area (Å²) in [6.07, 6.45) is 1.84. The van der Waals surface area contributed by atoms with Gasteiger partial charge in [0.05, 0.1) is 16.9 Å². The third-order valence-electron chi connectivity index (χ3n) is 4.14. The second kappa shape index (κ2) is 6.88. The van der Waals surface area contributed by atoms with Gasteiger partial charge in [0.1, 0.15) is 11.8 Å². The number of halogens is 1. The van der Waals surface area contributed by atoms with Gasteiger partial charge in [-0.3, -0.25) is 9.20 Å². The lowest BCUT2D eigenvalue weighted by atomic mass is 10.1. The molecule has 0 bridgehead atoms. The van der Waals surface area contributed by atoms with Crippen LogP contribution in [-0.4, -0.2) is 15.3 Å². The highest BCUT2D eigenvalue weighted by Gasteiger charge is 2.17. The fourth-order valence-corrected chi connectivity index (χ4v) is 3.74. The van der Waals surface area contributed by atoms with Crippen molar-refractivity contribution < 1.29 is 4.79 Å². The Bertz CT molecular complexity index is 1200. The molecule has 0 aliphatic heterocycles. The standard InChI is InChI=1S/C20H13ClN4OS/c1-12-2-4-13(5-3-12)17-10-25-18(11-27-20(25)24-17)19(26)23-16-8-15(21)7-6-14(16)9-22/h2-8,10-11H,1H3,(H,23,26). The van der Waals surface area contributed by atoms with E-state index >= 15 is 0 Å². The van der Waals surface area contributed by atoms with E-state index in [0.29, 0.717) is 22.0 Å². The molecular formula is C20H13ClN4OS. The second-order valence-electron chi connectivity index (χ2n) is 6.02. The van der Waals surface area contributed by atoms with Gasteiger partial charge < -0.3 is 5.32 Å². The number of aryl methyl sites for hydroxylation is 1. The number of carbonyl (C=O) groups is 1. The molecule has 1 amide bonds. The minimum Gasteiger partial charge on any atom is -0.319 e. The largest absolute Gasteiger partial charge is 0.319 e. The summed E-state index contributed by atoms with van der Waals surface area (Å²) in [5, 5.41) is 14.2. The number of fused-ring (bicyclic) bond motifs is 1. The van der Waals surface area contributed by atoms with Crippen LogP contribution < -0.4 is 5.32 Å². The van der Waals surface area contributed by atoms with Gasteiger partial charge in [-0.2, -0.15) is 5.26 Å². The van der Waals surface area contributed by atoms with Crippen LogP contribution >= 0.6 is 22.9 Å². The molecule has 0 aliphatic carbocycles. The highest BCUT2D eigenvalue weighted by molar-refractivity contribution is 7.15. The third kappa shape index (κ3) is 3.31. The number of benzene rings is 2. The molecule has 4 rings (SSSR count). The molecule has 0 saturated carbocycles. The monoisotopic (exact) mass is 392 g/mol. The average Bonchev–Trinajstić information content (AvgIpc) is 3.23. The van der Waals surface area contributed by atoms with E-state index in [1.807, 2.05) is 37.4 Å². The van der Waals surface area contributed by atoms with Gasteiger partial charge in [-0.15, -0.1) is 11.3 Å². The molecule has 0 fully saturated rings. The summed E-state index contributed by atoms with van der Waals surface area (Å²) in [6.45, 7) is 2.03. The van der Waals surface area contributed by atoms with Crippen LogP contribution in [0.5, 0.6) is 0 Å². The van der Waals surface area contributed by atoms with Crippen molar-refractivity contribution in [2.24, 2.45) is 0 Å². The van der Waals surface area contributed by atoms with Crippen molar-refractivity contribution >= 4 is 39.5 Å². The van der Waals surface area contributed by atoms with E-state index in [2.05, 4.69) is 16.4 Å². The molecule has 0 unspecified atom stereocenters. The van der Waals surface area contributed by atoms with Gasteiger partial charge in [-0.25, -0.2) is 4.98 Å². The number of rotatable bonds is 3. The predicted molar refractivity (Wildman–Crippen MR) is 107 cm³/mol. The number of carbonyl (C=O) groups excluding carboxylic acids is 1. The SMILES string of the molecule is Cc1ccc(-c2cn3c(C(=O)Nc4cc(Cl)ccc4C#N)csc3n2)cc1. The number of imidazole rings is 1. The highest BCUT2D eigenvalue weighted by atomic mass is 35.5. The Labute approximate surface area is 164 Å². The van der Waals surface area contributed by atoms with Crippen molar-refractivity contribution in [2.75, 3.05) is 5.32 Å². The number of nitrogens with zero attached hydrogens (tertiary/aromatic N) is 3. The van der Waals surface area contributed by atoms with Crippen LogP contribution in [0.15, 0.2) is 54.0 Å². The van der Waals surface area contributed by atoms with Gasteiger partial charge in [0, 0.05) is 22.2 Å². The Morgan fingerprint density at radius 3 is 2.78 bits per heavy atom. The third-order valence-corrected chi connectivity index (χ3v) is 5.21.